The van der Waals surface area contributed by atoms with Crippen LogP contribution in [0.15, 0.2) is 24.3 Å². The molecular formula is C9H6ClF2NO4. The molecule has 5 nitrogen and oxygen atoms in total. The van der Waals surface area contributed by atoms with Crippen LogP contribution in [0.25, 0.3) is 0 Å². The zero-order valence-electron chi connectivity index (χ0n) is 8.23. The number of alkyl halides is 3. The summed E-state index contributed by atoms with van der Waals surface area (Å²) in [5, 5.41) is 6.63. The molecule has 0 bridgehead atoms. The first-order valence-electron chi connectivity index (χ1n) is 4.30. The maximum Gasteiger partial charge on any atom is 0.332 e. The Morgan fingerprint density at radius 1 is 1.41 bits per heavy atom. The molecule has 0 unspecified atom stereocenters. The molecule has 0 saturated carbocycles. The fourth-order valence-electron chi connectivity index (χ4n) is 0.967. The number of carbonyl (C=O) groups excluding carboxylic acids is 1. The Labute approximate surface area is 99.1 Å². The van der Waals surface area contributed by atoms with Gasteiger partial charge in [0.1, 0.15) is 12.2 Å². The molecular weight excluding hydrogens is 260 g/mol. The quantitative estimate of drug-likeness (QED) is 0.276. The number of nitrogens with zero attached hydrogens (tertiary/aromatic N) is 1. The molecule has 17 heavy (non-hydrogen) atoms. The van der Waals surface area contributed by atoms with Crippen LogP contribution in [0.2, 0.25) is 0 Å². The Bertz CT molecular complexity index is 430. The normalized spacial score (nSPS) is 11.0. The molecule has 0 radical (unpaired) electrons. The summed E-state index contributed by atoms with van der Waals surface area (Å²) in [6.45, 7) is 0. The van der Waals surface area contributed by atoms with Crippen LogP contribution in [-0.2, 0) is 4.79 Å². The van der Waals surface area contributed by atoms with Gasteiger partial charge in [-0.05, 0) is 23.7 Å². The van der Waals surface area contributed by atoms with Gasteiger partial charge in [-0.1, -0.05) is 0 Å². The summed E-state index contributed by atoms with van der Waals surface area (Å²) >= 11 is 4.54. The number of halogens is 3. The number of non-ortho nitro benzene ring substituents is 1. The summed E-state index contributed by atoms with van der Waals surface area (Å²) in [4.78, 5) is 20.6. The van der Waals surface area contributed by atoms with Crippen LogP contribution in [0.3, 0.4) is 0 Å². The minimum absolute atomic E-state index is 0.0680. The Morgan fingerprint density at radius 3 is 2.35 bits per heavy atom. The van der Waals surface area contributed by atoms with E-state index in [9.17, 15) is 23.7 Å². The smallest absolute Gasteiger partial charge is 0.332 e. The third-order valence-corrected chi connectivity index (χ3v) is 1.76. The van der Waals surface area contributed by atoms with Crippen LogP contribution in [0.4, 0.5) is 14.5 Å². The van der Waals surface area contributed by atoms with Gasteiger partial charge in [0, 0.05) is 12.1 Å². The fraction of sp³-hybridized carbons (Fsp3) is 0.222. The zero-order valence-corrected chi connectivity index (χ0v) is 8.99. The Hall–Kier alpha value is -1.76. The summed E-state index contributed by atoms with van der Waals surface area (Å²) in [6.07, 6.45) is -1.27. The lowest BCUT2D eigenvalue weighted by Gasteiger charge is -2.07. The first-order valence-corrected chi connectivity index (χ1v) is 4.67. The molecule has 0 atom stereocenters. The number of carbonyl (C=O) groups is 1. The molecule has 0 fully saturated rings. The van der Waals surface area contributed by atoms with Crippen LogP contribution < -0.4 is 4.74 Å². The van der Waals surface area contributed by atoms with Gasteiger partial charge in [0.2, 0.25) is 0 Å². The van der Waals surface area contributed by atoms with Crippen LogP contribution in [-0.4, -0.2) is 16.3 Å². The molecule has 0 aliphatic rings. The van der Waals surface area contributed by atoms with E-state index >= 15 is 0 Å². The molecule has 0 heterocycles. The van der Waals surface area contributed by atoms with Gasteiger partial charge in [0.25, 0.3) is 5.69 Å². The van der Waals surface area contributed by atoms with E-state index in [1.54, 1.807) is 0 Å². The van der Waals surface area contributed by atoms with Gasteiger partial charge in [-0.15, -0.1) is 0 Å². The van der Waals surface area contributed by atoms with E-state index in [0.717, 1.165) is 24.3 Å². The second kappa shape index (κ2) is 5.05. The van der Waals surface area contributed by atoms with E-state index in [1.807, 2.05) is 0 Å². The number of nitro benzene ring substituents is 1. The van der Waals surface area contributed by atoms with Gasteiger partial charge in [0.15, 0.2) is 0 Å². The first kappa shape index (κ1) is 13.3. The van der Waals surface area contributed by atoms with E-state index in [1.165, 1.54) is 0 Å². The van der Waals surface area contributed by atoms with Gasteiger partial charge in [0.05, 0.1) is 4.92 Å². The second-order valence-electron chi connectivity index (χ2n) is 3.02. The van der Waals surface area contributed by atoms with Crippen molar-refractivity contribution in [3.8, 4) is 5.75 Å². The van der Waals surface area contributed by atoms with Gasteiger partial charge < -0.3 is 4.74 Å². The highest BCUT2D eigenvalue weighted by atomic mass is 35.5. The van der Waals surface area contributed by atoms with Crippen molar-refractivity contribution in [2.75, 3.05) is 0 Å². The van der Waals surface area contributed by atoms with Crippen molar-refractivity contribution in [1.29, 1.82) is 0 Å². The molecule has 0 spiro atoms. The minimum Gasteiger partial charge on any atom is -0.426 e. The van der Waals surface area contributed by atoms with E-state index in [2.05, 4.69) is 16.3 Å². The number of esters is 1. The molecule has 0 aromatic heterocycles. The van der Waals surface area contributed by atoms with Gasteiger partial charge in [-0.2, -0.15) is 8.78 Å². The molecule has 8 heteroatoms. The monoisotopic (exact) mass is 265 g/mol. The molecule has 0 N–H and O–H groups in total. The fourth-order valence-corrected chi connectivity index (χ4v) is 1.08. The molecule has 1 rings (SSSR count). The Kier molecular flexibility index (Phi) is 3.95. The van der Waals surface area contributed by atoms with Crippen molar-refractivity contribution in [3.63, 3.8) is 0 Å². The molecule has 0 aliphatic heterocycles. The lowest BCUT2D eigenvalue weighted by atomic mass is 10.3. The van der Waals surface area contributed by atoms with E-state index in [4.69, 9.17) is 0 Å². The number of ether oxygens (including phenoxy) is 1. The van der Waals surface area contributed by atoms with Crippen molar-refractivity contribution in [2.24, 2.45) is 0 Å². The summed E-state index contributed by atoms with van der Waals surface area (Å²) < 4.78 is 28.9. The van der Waals surface area contributed by atoms with Crippen molar-refractivity contribution in [3.05, 3.63) is 34.4 Å². The van der Waals surface area contributed by atoms with Crippen molar-refractivity contribution in [1.82, 2.24) is 0 Å². The van der Waals surface area contributed by atoms with Crippen LogP contribution in [0.5, 0.6) is 5.75 Å². The Balaban J connectivity index is 2.64. The highest BCUT2D eigenvalue weighted by Crippen LogP contribution is 2.24. The van der Waals surface area contributed by atoms with E-state index < -0.39 is 22.7 Å². The summed E-state index contributed by atoms with van der Waals surface area (Å²) in [5.41, 5.74) is -0.201. The summed E-state index contributed by atoms with van der Waals surface area (Å²) in [6, 6.07) is 4.42. The van der Waals surface area contributed by atoms with Crippen LogP contribution >= 0.6 is 11.6 Å². The van der Waals surface area contributed by atoms with Gasteiger partial charge in [-0.25, -0.2) is 0 Å². The van der Waals surface area contributed by atoms with Crippen LogP contribution in [0.1, 0.15) is 6.42 Å². The van der Waals surface area contributed by atoms with E-state index in [0.29, 0.717) is 0 Å². The number of rotatable bonds is 4. The highest BCUT2D eigenvalue weighted by Gasteiger charge is 2.30. The highest BCUT2D eigenvalue weighted by molar-refractivity contribution is 6.22. The zero-order chi connectivity index (χ0) is 13.1. The Morgan fingerprint density at radius 2 is 1.94 bits per heavy atom. The second-order valence-corrected chi connectivity index (χ2v) is 3.57. The van der Waals surface area contributed by atoms with Crippen molar-refractivity contribution >= 4 is 23.3 Å². The van der Waals surface area contributed by atoms with Gasteiger partial charge >= 0.3 is 11.4 Å². The number of nitro groups is 1. The van der Waals surface area contributed by atoms with Crippen molar-refractivity contribution in [2.45, 2.75) is 11.8 Å². The topological polar surface area (TPSA) is 69.4 Å². The maximum absolute atomic E-state index is 12.2. The predicted octanol–water partition coefficient (Wildman–Crippen LogP) is 2.72. The minimum atomic E-state index is -3.67. The molecule has 92 valence electrons. The van der Waals surface area contributed by atoms with Crippen molar-refractivity contribution < 1.29 is 23.2 Å². The third kappa shape index (κ3) is 4.73. The third-order valence-electron chi connectivity index (χ3n) is 1.62. The van der Waals surface area contributed by atoms with Crippen LogP contribution in [0, 0.1) is 10.1 Å². The molecule has 0 amide bonds. The first-order chi connectivity index (χ1) is 7.78. The number of hydrogen-bond donors (Lipinski definition) is 0. The summed E-state index contributed by atoms with van der Waals surface area (Å²) in [5.74, 6) is -1.29. The molecule has 0 aliphatic carbocycles. The average molecular weight is 266 g/mol. The number of benzene rings is 1. The largest absolute Gasteiger partial charge is 0.426 e. The molecule has 1 aromatic rings. The SMILES string of the molecule is O=C(CC(F)(F)Cl)Oc1ccc([N+](=O)[O-])cc1. The lowest BCUT2D eigenvalue weighted by Crippen LogP contribution is -2.18. The lowest BCUT2D eigenvalue weighted by molar-refractivity contribution is -0.384. The molecule has 1 aromatic carbocycles. The number of hydrogen-bond acceptors (Lipinski definition) is 4. The predicted molar refractivity (Wildman–Crippen MR) is 54.1 cm³/mol. The standard InChI is InChI=1S/C9H6ClF2NO4/c10-9(11,12)5-8(14)17-7-3-1-6(2-4-7)13(15)16/h1-4H,5H2. The molecule has 0 saturated heterocycles. The maximum atomic E-state index is 12.2. The van der Waals surface area contributed by atoms with Gasteiger partial charge in [-0.3, -0.25) is 14.9 Å². The summed E-state index contributed by atoms with van der Waals surface area (Å²) in [7, 11) is 0. The van der Waals surface area contributed by atoms with E-state index in [-0.39, 0.29) is 11.4 Å². The average Bonchev–Trinajstić information content (AvgIpc) is 2.15.